The molecule has 0 aliphatic carbocycles. The van der Waals surface area contributed by atoms with Gasteiger partial charge in [-0.1, -0.05) is 50.7 Å². The minimum atomic E-state index is -0.122. The van der Waals surface area contributed by atoms with Gasteiger partial charge in [0.15, 0.2) is 5.78 Å². The van der Waals surface area contributed by atoms with E-state index in [1.807, 2.05) is 0 Å². The summed E-state index contributed by atoms with van der Waals surface area (Å²) in [6, 6.07) is 3.10. The average molecular weight is 302 g/mol. The number of ketones is 1. The van der Waals surface area contributed by atoms with Crippen molar-refractivity contribution in [3.05, 3.63) is 32.8 Å². The highest BCUT2D eigenvalue weighted by Crippen LogP contribution is 2.32. The van der Waals surface area contributed by atoms with Crippen molar-refractivity contribution in [2.45, 2.75) is 0 Å². The Bertz CT molecular complexity index is 351. The molecule has 0 aliphatic heterocycles. The van der Waals surface area contributed by atoms with Crippen LogP contribution in [0.1, 0.15) is 10.4 Å². The fourth-order valence-electron chi connectivity index (χ4n) is 0.813. The average Bonchev–Trinajstić information content (AvgIpc) is 2.13. The van der Waals surface area contributed by atoms with Crippen molar-refractivity contribution in [3.63, 3.8) is 0 Å². The lowest BCUT2D eigenvalue weighted by Crippen LogP contribution is -2.00. The molecular formula is C8H4BrCl3O. The molecule has 0 amide bonds. The van der Waals surface area contributed by atoms with Crippen LogP contribution in [0.5, 0.6) is 0 Å². The van der Waals surface area contributed by atoms with Gasteiger partial charge in [0.05, 0.1) is 20.4 Å². The van der Waals surface area contributed by atoms with Crippen molar-refractivity contribution in [2.24, 2.45) is 0 Å². The summed E-state index contributed by atoms with van der Waals surface area (Å²) >= 11 is 20.3. The highest BCUT2D eigenvalue weighted by Gasteiger charge is 2.13. The topological polar surface area (TPSA) is 17.1 Å². The molecule has 1 nitrogen and oxygen atoms in total. The number of carbonyl (C=O) groups is 1. The van der Waals surface area contributed by atoms with E-state index in [4.69, 9.17) is 34.8 Å². The normalized spacial score (nSPS) is 10.2. The third kappa shape index (κ3) is 2.38. The Kier molecular flexibility index (Phi) is 4.05. The zero-order valence-electron chi connectivity index (χ0n) is 6.28. The van der Waals surface area contributed by atoms with Gasteiger partial charge in [0.25, 0.3) is 0 Å². The molecule has 0 heterocycles. The Morgan fingerprint density at radius 2 is 1.85 bits per heavy atom. The third-order valence-corrected chi connectivity index (χ3v) is 3.26. The zero-order chi connectivity index (χ0) is 10.0. The van der Waals surface area contributed by atoms with Crippen LogP contribution in [0.25, 0.3) is 0 Å². The van der Waals surface area contributed by atoms with E-state index in [1.165, 1.54) is 0 Å². The molecule has 0 aromatic heterocycles. The van der Waals surface area contributed by atoms with E-state index in [2.05, 4.69) is 15.9 Å². The van der Waals surface area contributed by atoms with Gasteiger partial charge in [0.1, 0.15) is 0 Å². The summed E-state index contributed by atoms with van der Waals surface area (Å²) < 4.78 is 0. The number of halogens is 4. The van der Waals surface area contributed by atoms with E-state index in [9.17, 15) is 4.79 Å². The van der Waals surface area contributed by atoms with E-state index >= 15 is 0 Å². The van der Waals surface area contributed by atoms with Gasteiger partial charge in [0, 0.05) is 5.56 Å². The number of Topliss-reactive ketones (excluding diaryl/α,β-unsaturated/α-hetero) is 1. The maximum atomic E-state index is 11.3. The van der Waals surface area contributed by atoms with Crippen molar-refractivity contribution in [3.8, 4) is 0 Å². The van der Waals surface area contributed by atoms with Crippen LogP contribution < -0.4 is 0 Å². The van der Waals surface area contributed by atoms with Gasteiger partial charge in [-0.3, -0.25) is 4.79 Å². The number of rotatable bonds is 2. The van der Waals surface area contributed by atoms with Crippen LogP contribution in [0.3, 0.4) is 0 Å². The smallest absolute Gasteiger partial charge is 0.174 e. The molecule has 0 spiro atoms. The van der Waals surface area contributed by atoms with Crippen LogP contribution in [0.4, 0.5) is 0 Å². The molecule has 0 unspecified atom stereocenters. The summed E-state index contributed by atoms with van der Waals surface area (Å²) in [4.78, 5) is 11.3. The summed E-state index contributed by atoms with van der Waals surface area (Å²) in [5.41, 5.74) is 0.382. The maximum Gasteiger partial charge on any atom is 0.174 e. The lowest BCUT2D eigenvalue weighted by atomic mass is 10.1. The molecular weight excluding hydrogens is 298 g/mol. The largest absolute Gasteiger partial charge is 0.293 e. The quantitative estimate of drug-likeness (QED) is 0.454. The molecule has 70 valence electrons. The van der Waals surface area contributed by atoms with Crippen LogP contribution >= 0.6 is 50.7 Å². The highest BCUT2D eigenvalue weighted by atomic mass is 79.9. The second kappa shape index (κ2) is 4.65. The Labute approximate surface area is 99.1 Å². The van der Waals surface area contributed by atoms with Crippen molar-refractivity contribution in [1.82, 2.24) is 0 Å². The first-order valence-electron chi connectivity index (χ1n) is 3.30. The van der Waals surface area contributed by atoms with Crippen molar-refractivity contribution in [1.29, 1.82) is 0 Å². The van der Waals surface area contributed by atoms with Crippen LogP contribution in [0, 0.1) is 0 Å². The highest BCUT2D eigenvalue weighted by molar-refractivity contribution is 9.09. The summed E-state index contributed by atoms with van der Waals surface area (Å²) in [5, 5.41) is 0.983. The lowest BCUT2D eigenvalue weighted by Gasteiger charge is -2.03. The molecule has 1 aromatic rings. The monoisotopic (exact) mass is 300 g/mol. The molecule has 0 N–H and O–H groups in total. The minimum absolute atomic E-state index is 0.122. The first kappa shape index (κ1) is 11.3. The van der Waals surface area contributed by atoms with E-state index in [1.54, 1.807) is 12.1 Å². The fraction of sp³-hybridized carbons (Fsp3) is 0.125. The summed E-state index contributed by atoms with van der Waals surface area (Å²) in [6.07, 6.45) is 0. The van der Waals surface area contributed by atoms with Crippen molar-refractivity contribution in [2.75, 3.05) is 5.33 Å². The summed E-state index contributed by atoms with van der Waals surface area (Å²) in [7, 11) is 0. The van der Waals surface area contributed by atoms with Crippen LogP contribution in [-0.2, 0) is 0 Å². The molecule has 0 saturated carbocycles. The molecule has 0 atom stereocenters. The number of hydrogen-bond acceptors (Lipinski definition) is 1. The fourth-order valence-corrected chi connectivity index (χ4v) is 1.76. The second-order valence-corrected chi connectivity index (χ2v) is 4.00. The van der Waals surface area contributed by atoms with Gasteiger partial charge in [-0.05, 0) is 12.1 Å². The van der Waals surface area contributed by atoms with Crippen LogP contribution in [0.2, 0.25) is 15.1 Å². The van der Waals surface area contributed by atoms with Gasteiger partial charge in [-0.15, -0.1) is 0 Å². The number of carbonyl (C=O) groups excluding carboxylic acids is 1. The van der Waals surface area contributed by atoms with Gasteiger partial charge in [-0.2, -0.15) is 0 Å². The maximum absolute atomic E-state index is 11.3. The minimum Gasteiger partial charge on any atom is -0.293 e. The molecule has 0 saturated heterocycles. The first-order chi connectivity index (χ1) is 6.07. The summed E-state index contributed by atoms with van der Waals surface area (Å²) in [5.74, 6) is -0.122. The molecule has 1 rings (SSSR count). The van der Waals surface area contributed by atoms with Crippen LogP contribution in [-0.4, -0.2) is 11.1 Å². The SMILES string of the molecule is O=C(CBr)c1ccc(Cl)c(Cl)c1Cl. The molecule has 5 heteroatoms. The first-order valence-corrected chi connectivity index (χ1v) is 5.56. The van der Waals surface area contributed by atoms with Crippen LogP contribution in [0.15, 0.2) is 12.1 Å². The van der Waals surface area contributed by atoms with Crippen molar-refractivity contribution < 1.29 is 4.79 Å². The van der Waals surface area contributed by atoms with Gasteiger partial charge in [0.2, 0.25) is 0 Å². The number of alkyl halides is 1. The van der Waals surface area contributed by atoms with E-state index < -0.39 is 0 Å². The zero-order valence-corrected chi connectivity index (χ0v) is 10.1. The third-order valence-electron chi connectivity index (χ3n) is 1.46. The lowest BCUT2D eigenvalue weighted by molar-refractivity contribution is 0.102. The van der Waals surface area contributed by atoms with E-state index in [0.717, 1.165) is 0 Å². The molecule has 0 bridgehead atoms. The van der Waals surface area contributed by atoms with E-state index in [-0.39, 0.29) is 21.2 Å². The number of hydrogen-bond donors (Lipinski definition) is 0. The molecule has 0 radical (unpaired) electrons. The number of benzene rings is 1. The molecule has 1 aromatic carbocycles. The predicted octanol–water partition coefficient (Wildman–Crippen LogP) is 4.22. The predicted molar refractivity (Wildman–Crippen MR) is 59.6 cm³/mol. The van der Waals surface area contributed by atoms with Crippen molar-refractivity contribution >= 4 is 56.5 Å². The Morgan fingerprint density at radius 3 is 2.38 bits per heavy atom. The molecule has 0 fully saturated rings. The Hall–Kier alpha value is 0.240. The second-order valence-electron chi connectivity index (χ2n) is 2.28. The van der Waals surface area contributed by atoms with Gasteiger partial charge < -0.3 is 0 Å². The Morgan fingerprint density at radius 1 is 1.23 bits per heavy atom. The van der Waals surface area contributed by atoms with Gasteiger partial charge in [-0.25, -0.2) is 0 Å². The molecule has 0 aliphatic rings. The standard InChI is InChI=1S/C8H4BrCl3O/c9-3-6(13)4-1-2-5(10)8(12)7(4)11/h1-2H,3H2. The summed E-state index contributed by atoms with van der Waals surface area (Å²) in [6.45, 7) is 0. The van der Waals surface area contributed by atoms with E-state index in [0.29, 0.717) is 10.6 Å². The molecule has 13 heavy (non-hydrogen) atoms. The van der Waals surface area contributed by atoms with Gasteiger partial charge >= 0.3 is 0 Å². The Balaban J connectivity index is 3.26.